The van der Waals surface area contributed by atoms with Crippen LogP contribution in [0, 0.1) is 29.1 Å². The lowest BCUT2D eigenvalue weighted by molar-refractivity contribution is -0.167. The topological polar surface area (TPSA) is 144 Å². The summed E-state index contributed by atoms with van der Waals surface area (Å²) in [5.41, 5.74) is -2.10. The monoisotopic (exact) mass is 640 g/mol. The molecule has 3 fully saturated rings. The van der Waals surface area contributed by atoms with Crippen LogP contribution >= 0.6 is 0 Å². The predicted molar refractivity (Wildman–Crippen MR) is 162 cm³/mol. The maximum Gasteiger partial charge on any atom is 0.310 e. The van der Waals surface area contributed by atoms with E-state index in [4.69, 9.17) is 28.4 Å². The van der Waals surface area contributed by atoms with Gasteiger partial charge in [0.05, 0.1) is 19.4 Å². The summed E-state index contributed by atoms with van der Waals surface area (Å²) in [5, 5.41) is 0. The van der Waals surface area contributed by atoms with Crippen LogP contribution in [0.25, 0.3) is 0 Å². The van der Waals surface area contributed by atoms with Crippen molar-refractivity contribution in [1.29, 1.82) is 0 Å². The van der Waals surface area contributed by atoms with Crippen molar-refractivity contribution in [2.45, 2.75) is 104 Å². The second kappa shape index (κ2) is 11.8. The molecule has 0 spiro atoms. The number of hydrogen-bond donors (Lipinski definition) is 0. The molecule has 1 aliphatic heterocycles. The Morgan fingerprint density at radius 1 is 0.870 bits per heavy atom. The van der Waals surface area contributed by atoms with Gasteiger partial charge < -0.3 is 28.4 Å². The third-order valence-electron chi connectivity index (χ3n) is 10.3. The van der Waals surface area contributed by atoms with Gasteiger partial charge >= 0.3 is 23.9 Å². The van der Waals surface area contributed by atoms with E-state index in [9.17, 15) is 24.0 Å². The SMILES string of the molecule is COc1ccc(CC(=O)OC2C(C)=CC34OC3(CC(C)C4OC(C)=O)C(=O)C(C)C(OC(C)=O)C3C(C2OC(C)=O)C3(C)C)cc1. The van der Waals surface area contributed by atoms with Gasteiger partial charge in [0, 0.05) is 32.6 Å². The van der Waals surface area contributed by atoms with E-state index >= 15 is 0 Å². The van der Waals surface area contributed by atoms with E-state index in [2.05, 4.69) is 0 Å². The Kier molecular flexibility index (Phi) is 8.64. The number of rotatable bonds is 7. The van der Waals surface area contributed by atoms with Gasteiger partial charge in [-0.1, -0.05) is 39.8 Å². The van der Waals surface area contributed by atoms with Gasteiger partial charge in [-0.15, -0.1) is 0 Å². The molecule has 0 bridgehead atoms. The summed E-state index contributed by atoms with van der Waals surface area (Å²) in [7, 11) is 1.55. The molecule has 5 rings (SSSR count). The molecule has 10 unspecified atom stereocenters. The molecule has 250 valence electrons. The summed E-state index contributed by atoms with van der Waals surface area (Å²) >= 11 is 0. The molecule has 11 nitrogen and oxygen atoms in total. The number of carbonyl (C=O) groups is 5. The van der Waals surface area contributed by atoms with Gasteiger partial charge in [0.1, 0.15) is 24.1 Å². The number of carbonyl (C=O) groups excluding carboxylic acids is 5. The van der Waals surface area contributed by atoms with Crippen LogP contribution < -0.4 is 4.74 Å². The van der Waals surface area contributed by atoms with Crippen molar-refractivity contribution in [3.05, 3.63) is 41.5 Å². The molecule has 0 aromatic heterocycles. The van der Waals surface area contributed by atoms with Crippen molar-refractivity contribution in [2.75, 3.05) is 7.11 Å². The number of Topliss-reactive ketones (excluding diaryl/α,β-unsaturated/α-hetero) is 1. The first-order chi connectivity index (χ1) is 21.5. The molecule has 0 radical (unpaired) electrons. The molecular formula is C35H44O11. The fraction of sp³-hybridized carbons (Fsp3) is 0.629. The number of methoxy groups -OCH3 is 1. The van der Waals surface area contributed by atoms with Gasteiger partial charge in [-0.2, -0.15) is 0 Å². The Bertz CT molecular complexity index is 1460. The first-order valence-corrected chi connectivity index (χ1v) is 15.8. The van der Waals surface area contributed by atoms with Crippen LogP contribution in [0.15, 0.2) is 35.9 Å². The summed E-state index contributed by atoms with van der Waals surface area (Å²) in [4.78, 5) is 65.3. The maximum absolute atomic E-state index is 14.5. The average molecular weight is 641 g/mol. The molecule has 0 amide bonds. The summed E-state index contributed by atoms with van der Waals surface area (Å²) in [6, 6.07) is 7.00. The van der Waals surface area contributed by atoms with Crippen molar-refractivity contribution in [2.24, 2.45) is 29.1 Å². The Morgan fingerprint density at radius 2 is 1.43 bits per heavy atom. The Morgan fingerprint density at radius 3 is 2.00 bits per heavy atom. The van der Waals surface area contributed by atoms with Crippen molar-refractivity contribution in [3.63, 3.8) is 0 Å². The molecule has 1 saturated heterocycles. The molecule has 46 heavy (non-hydrogen) atoms. The maximum atomic E-state index is 14.5. The van der Waals surface area contributed by atoms with E-state index in [1.165, 1.54) is 20.8 Å². The number of esters is 4. The minimum absolute atomic E-state index is 0.0671. The molecule has 1 aromatic carbocycles. The zero-order chi connectivity index (χ0) is 33.9. The molecule has 11 heteroatoms. The summed E-state index contributed by atoms with van der Waals surface area (Å²) < 4.78 is 35.4. The summed E-state index contributed by atoms with van der Waals surface area (Å²) in [6.07, 6.45) is -1.83. The number of epoxide rings is 1. The molecular weight excluding hydrogens is 596 g/mol. The third-order valence-corrected chi connectivity index (χ3v) is 10.3. The lowest BCUT2D eigenvalue weighted by Crippen LogP contribution is -2.43. The van der Waals surface area contributed by atoms with Crippen LogP contribution in [0.5, 0.6) is 5.75 Å². The number of hydrogen-bond acceptors (Lipinski definition) is 11. The van der Waals surface area contributed by atoms with Crippen molar-refractivity contribution in [1.82, 2.24) is 0 Å². The molecule has 3 aliphatic carbocycles. The van der Waals surface area contributed by atoms with Crippen LogP contribution in [0.3, 0.4) is 0 Å². The zero-order valence-electron chi connectivity index (χ0n) is 27.9. The second-order valence-electron chi connectivity index (χ2n) is 13.9. The van der Waals surface area contributed by atoms with Crippen LogP contribution in [0.1, 0.15) is 67.4 Å². The highest BCUT2D eigenvalue weighted by Crippen LogP contribution is 2.68. The lowest BCUT2D eigenvalue weighted by atomic mass is 9.80. The Hall–Kier alpha value is -3.73. The standard InChI is InChI=1S/C35H44O11/c1-17-15-35-32(44-22(6)38)18(2)16-34(35,46-35)31(40)19(3)29(42-20(4)36)26-27(33(26,7)8)30(43-21(5)37)28(17)45-25(39)14-23-10-12-24(41-9)13-11-23/h10-13,15,18-19,26-30,32H,14,16H2,1-9H3. The third kappa shape index (κ3) is 5.60. The molecule has 10 atom stereocenters. The van der Waals surface area contributed by atoms with Gasteiger partial charge in [-0.05, 0) is 54.0 Å². The molecule has 2 saturated carbocycles. The summed E-state index contributed by atoms with van der Waals surface area (Å²) in [6.45, 7) is 13.1. The van der Waals surface area contributed by atoms with E-state index in [0.29, 0.717) is 16.9 Å². The van der Waals surface area contributed by atoms with E-state index in [1.807, 2.05) is 20.8 Å². The van der Waals surface area contributed by atoms with Gasteiger partial charge in [0.15, 0.2) is 23.1 Å². The summed E-state index contributed by atoms with van der Waals surface area (Å²) in [5.74, 6) is -3.76. The Balaban J connectivity index is 1.64. The number of ketones is 1. The quantitative estimate of drug-likeness (QED) is 0.185. The van der Waals surface area contributed by atoms with Crippen LogP contribution in [-0.2, 0) is 54.1 Å². The van der Waals surface area contributed by atoms with Gasteiger partial charge in [-0.25, -0.2) is 0 Å². The van der Waals surface area contributed by atoms with Crippen LogP contribution in [0.4, 0.5) is 0 Å². The first kappa shape index (κ1) is 33.6. The van der Waals surface area contributed by atoms with Crippen LogP contribution in [-0.4, -0.2) is 72.4 Å². The predicted octanol–water partition coefficient (Wildman–Crippen LogP) is 3.93. The van der Waals surface area contributed by atoms with E-state index in [1.54, 1.807) is 51.3 Å². The van der Waals surface area contributed by atoms with Crippen LogP contribution in [0.2, 0.25) is 0 Å². The average Bonchev–Trinajstić information content (AvgIpc) is 3.76. The highest BCUT2D eigenvalue weighted by Gasteiger charge is 2.84. The second-order valence-corrected chi connectivity index (χ2v) is 13.9. The molecule has 1 heterocycles. The zero-order valence-corrected chi connectivity index (χ0v) is 27.9. The van der Waals surface area contributed by atoms with E-state index < -0.39 is 82.7 Å². The van der Waals surface area contributed by atoms with E-state index in [-0.39, 0.29) is 24.5 Å². The van der Waals surface area contributed by atoms with Crippen molar-refractivity contribution in [3.8, 4) is 5.75 Å². The van der Waals surface area contributed by atoms with Gasteiger partial charge in [-0.3, -0.25) is 24.0 Å². The lowest BCUT2D eigenvalue weighted by Gasteiger charge is -2.30. The number of benzene rings is 1. The molecule has 0 N–H and O–H groups in total. The minimum Gasteiger partial charge on any atom is -0.497 e. The smallest absolute Gasteiger partial charge is 0.310 e. The van der Waals surface area contributed by atoms with Gasteiger partial charge in [0.2, 0.25) is 0 Å². The highest BCUT2D eigenvalue weighted by molar-refractivity contribution is 5.96. The van der Waals surface area contributed by atoms with Crippen molar-refractivity contribution >= 4 is 29.7 Å². The van der Waals surface area contributed by atoms with Gasteiger partial charge in [0.25, 0.3) is 0 Å². The fourth-order valence-corrected chi connectivity index (χ4v) is 8.31. The molecule has 1 aromatic rings. The fourth-order valence-electron chi connectivity index (χ4n) is 8.31. The largest absolute Gasteiger partial charge is 0.497 e. The number of ether oxygens (including phenoxy) is 6. The highest BCUT2D eigenvalue weighted by atomic mass is 16.7. The molecule has 4 aliphatic rings. The van der Waals surface area contributed by atoms with Crippen molar-refractivity contribution < 1.29 is 52.4 Å². The van der Waals surface area contributed by atoms with E-state index in [0.717, 1.165) is 0 Å². The Labute approximate surface area is 269 Å². The normalized spacial score (nSPS) is 37.2. The first-order valence-electron chi connectivity index (χ1n) is 15.8. The minimum atomic E-state index is -1.35. The number of fused-ring (bicyclic) bond motifs is 1.